The van der Waals surface area contributed by atoms with E-state index in [1.54, 1.807) is 11.7 Å². The zero-order valence-corrected chi connectivity index (χ0v) is 15.7. The molecule has 2 aromatic carbocycles. The van der Waals surface area contributed by atoms with Crippen LogP contribution in [0.4, 0.5) is 0 Å². The Morgan fingerprint density at radius 2 is 1.92 bits per heavy atom. The van der Waals surface area contributed by atoms with E-state index in [-0.39, 0.29) is 11.6 Å². The van der Waals surface area contributed by atoms with Gasteiger partial charge in [0.1, 0.15) is 0 Å². The van der Waals surface area contributed by atoms with Crippen molar-refractivity contribution in [1.29, 1.82) is 0 Å². The van der Waals surface area contributed by atoms with Gasteiger partial charge in [0, 0.05) is 17.9 Å². The molecule has 0 aliphatic rings. The fourth-order valence-electron chi connectivity index (χ4n) is 2.69. The molecule has 0 aliphatic heterocycles. The van der Waals surface area contributed by atoms with E-state index in [0.717, 1.165) is 10.6 Å². The molecule has 4 nitrogen and oxygen atoms in total. The number of halogens is 1. The highest BCUT2D eigenvalue weighted by Gasteiger charge is 2.16. The Balaban J connectivity index is 2.04. The molecule has 0 radical (unpaired) electrons. The molecule has 130 valence electrons. The van der Waals surface area contributed by atoms with Crippen LogP contribution < -0.4 is 5.56 Å². The maximum atomic E-state index is 13.0. The molecule has 0 bridgehead atoms. The number of methoxy groups -OCH3 is 1. The molecule has 3 rings (SSSR count). The van der Waals surface area contributed by atoms with Gasteiger partial charge in [-0.05, 0) is 30.7 Å². The summed E-state index contributed by atoms with van der Waals surface area (Å²) in [6, 6.07) is 15.0. The number of aromatic nitrogens is 2. The fraction of sp³-hybridized carbons (Fsp3) is 0.263. The predicted octanol–water partition coefficient (Wildman–Crippen LogP) is 4.55. The molecule has 0 saturated carbocycles. The summed E-state index contributed by atoms with van der Waals surface area (Å²) in [5.41, 5.74) is 1.68. The smallest absolute Gasteiger partial charge is 0.262 e. The molecule has 0 fully saturated rings. The van der Waals surface area contributed by atoms with Crippen LogP contribution in [0.2, 0.25) is 5.02 Å². The van der Waals surface area contributed by atoms with Gasteiger partial charge >= 0.3 is 0 Å². The summed E-state index contributed by atoms with van der Waals surface area (Å²) < 4.78 is 6.96. The van der Waals surface area contributed by atoms with Crippen molar-refractivity contribution in [2.24, 2.45) is 0 Å². The third-order valence-electron chi connectivity index (χ3n) is 3.94. The van der Waals surface area contributed by atoms with E-state index in [2.05, 4.69) is 0 Å². The lowest BCUT2D eigenvalue weighted by atomic mass is 10.2. The normalized spacial score (nSPS) is 12.4. The number of hydrogen-bond acceptors (Lipinski definition) is 4. The second-order valence-corrected chi connectivity index (χ2v) is 7.12. The van der Waals surface area contributed by atoms with Gasteiger partial charge in [0.2, 0.25) is 0 Å². The molecule has 0 aliphatic carbocycles. The average molecular weight is 375 g/mol. The summed E-state index contributed by atoms with van der Waals surface area (Å²) in [6.45, 7) is 2.40. The largest absolute Gasteiger partial charge is 0.383 e. The number of ether oxygens (including phenoxy) is 1. The lowest BCUT2D eigenvalue weighted by molar-refractivity contribution is 0.156. The first-order chi connectivity index (χ1) is 12.1. The molecule has 0 unspecified atom stereocenters. The lowest BCUT2D eigenvalue weighted by Gasteiger charge is -2.19. The summed E-state index contributed by atoms with van der Waals surface area (Å²) in [4.78, 5) is 17.7. The molecule has 0 saturated heterocycles. The number of thioether (sulfide) groups is 1. The maximum Gasteiger partial charge on any atom is 0.262 e. The fourth-order valence-corrected chi connectivity index (χ4v) is 4.07. The Labute approximate surface area is 155 Å². The van der Waals surface area contributed by atoms with Gasteiger partial charge in [0.05, 0.1) is 23.6 Å². The van der Waals surface area contributed by atoms with Crippen molar-refractivity contribution in [1.82, 2.24) is 9.55 Å². The Bertz CT molecular complexity index is 942. The quantitative estimate of drug-likeness (QED) is 0.469. The molecule has 1 aromatic heterocycles. The van der Waals surface area contributed by atoms with Crippen LogP contribution in [0, 0.1) is 0 Å². The Hall–Kier alpha value is -1.82. The van der Waals surface area contributed by atoms with Crippen molar-refractivity contribution in [3.63, 3.8) is 0 Å². The van der Waals surface area contributed by atoms with E-state index < -0.39 is 0 Å². The third-order valence-corrected chi connectivity index (χ3v) is 5.31. The van der Waals surface area contributed by atoms with Gasteiger partial charge in [-0.25, -0.2) is 4.98 Å². The number of para-hydroxylation sites is 1. The second kappa shape index (κ2) is 8.04. The zero-order chi connectivity index (χ0) is 17.8. The summed E-state index contributed by atoms with van der Waals surface area (Å²) >= 11 is 7.76. The number of fused-ring (bicyclic) bond motifs is 1. The molecule has 1 heterocycles. The number of hydrogen-bond donors (Lipinski definition) is 0. The SMILES string of the molecule is COC[C@H](C)n1c(SCc2ccccc2Cl)nc2ccccc2c1=O. The van der Waals surface area contributed by atoms with Crippen molar-refractivity contribution < 1.29 is 4.74 Å². The first-order valence-corrected chi connectivity index (χ1v) is 9.34. The molecular formula is C19H19ClN2O2S. The third kappa shape index (κ3) is 3.89. The van der Waals surface area contributed by atoms with Crippen molar-refractivity contribution in [2.45, 2.75) is 23.9 Å². The van der Waals surface area contributed by atoms with Crippen LogP contribution >= 0.6 is 23.4 Å². The van der Waals surface area contributed by atoms with E-state index in [9.17, 15) is 4.79 Å². The van der Waals surface area contributed by atoms with E-state index >= 15 is 0 Å². The first kappa shape index (κ1) is 18.0. The van der Waals surface area contributed by atoms with Crippen LogP contribution in [-0.4, -0.2) is 23.3 Å². The summed E-state index contributed by atoms with van der Waals surface area (Å²) in [5.74, 6) is 0.643. The van der Waals surface area contributed by atoms with Gasteiger partial charge < -0.3 is 4.74 Å². The van der Waals surface area contributed by atoms with Gasteiger partial charge in [0.25, 0.3) is 5.56 Å². The van der Waals surface area contributed by atoms with E-state index in [1.165, 1.54) is 11.8 Å². The summed E-state index contributed by atoms with van der Waals surface area (Å²) in [7, 11) is 1.63. The highest BCUT2D eigenvalue weighted by atomic mass is 35.5. The minimum Gasteiger partial charge on any atom is -0.383 e. The van der Waals surface area contributed by atoms with Crippen LogP contribution in [0.3, 0.4) is 0 Å². The topological polar surface area (TPSA) is 44.1 Å². The molecular weight excluding hydrogens is 356 g/mol. The van der Waals surface area contributed by atoms with Gasteiger partial charge in [-0.3, -0.25) is 9.36 Å². The molecule has 0 amide bonds. The Morgan fingerprint density at radius 1 is 1.20 bits per heavy atom. The van der Waals surface area contributed by atoms with Crippen LogP contribution in [0.5, 0.6) is 0 Å². The molecule has 0 spiro atoms. The maximum absolute atomic E-state index is 13.0. The first-order valence-electron chi connectivity index (χ1n) is 7.98. The molecule has 6 heteroatoms. The number of nitrogens with zero attached hydrogens (tertiary/aromatic N) is 2. The second-order valence-electron chi connectivity index (χ2n) is 5.77. The van der Waals surface area contributed by atoms with Crippen molar-refractivity contribution in [2.75, 3.05) is 13.7 Å². The molecule has 0 N–H and O–H groups in total. The average Bonchev–Trinajstić information content (AvgIpc) is 2.61. The van der Waals surface area contributed by atoms with Crippen molar-refractivity contribution >= 4 is 34.3 Å². The predicted molar refractivity (Wildman–Crippen MR) is 104 cm³/mol. The Kier molecular flexibility index (Phi) is 5.78. The summed E-state index contributed by atoms with van der Waals surface area (Å²) in [5, 5.41) is 2.01. The van der Waals surface area contributed by atoms with E-state index in [4.69, 9.17) is 21.3 Å². The van der Waals surface area contributed by atoms with Crippen molar-refractivity contribution in [3.8, 4) is 0 Å². The van der Waals surface area contributed by atoms with Crippen LogP contribution in [0.25, 0.3) is 10.9 Å². The highest BCUT2D eigenvalue weighted by Crippen LogP contribution is 2.27. The van der Waals surface area contributed by atoms with Gasteiger partial charge in [-0.1, -0.05) is 53.7 Å². The Morgan fingerprint density at radius 3 is 2.68 bits per heavy atom. The molecule has 3 aromatic rings. The van der Waals surface area contributed by atoms with Gasteiger partial charge in [-0.2, -0.15) is 0 Å². The van der Waals surface area contributed by atoms with E-state index in [0.29, 0.717) is 28.4 Å². The lowest BCUT2D eigenvalue weighted by Crippen LogP contribution is -2.28. The highest BCUT2D eigenvalue weighted by molar-refractivity contribution is 7.98. The van der Waals surface area contributed by atoms with E-state index in [1.807, 2.05) is 55.5 Å². The van der Waals surface area contributed by atoms with Crippen LogP contribution in [-0.2, 0) is 10.5 Å². The number of benzene rings is 2. The number of rotatable bonds is 6. The van der Waals surface area contributed by atoms with Crippen LogP contribution in [0.1, 0.15) is 18.5 Å². The zero-order valence-electron chi connectivity index (χ0n) is 14.1. The standard InChI is InChI=1S/C19H19ClN2O2S/c1-13(11-24-2)22-18(23)15-8-4-6-10-17(15)21-19(22)25-12-14-7-3-5-9-16(14)20/h3-10,13H,11-12H2,1-2H3/t13-/m0/s1. The molecule has 25 heavy (non-hydrogen) atoms. The minimum atomic E-state index is -0.108. The van der Waals surface area contributed by atoms with Crippen LogP contribution in [0.15, 0.2) is 58.5 Å². The van der Waals surface area contributed by atoms with Crippen molar-refractivity contribution in [3.05, 3.63) is 69.5 Å². The molecule has 1 atom stereocenters. The summed E-state index contributed by atoms with van der Waals surface area (Å²) in [6.07, 6.45) is 0. The van der Waals surface area contributed by atoms with Gasteiger partial charge in [0.15, 0.2) is 5.16 Å². The minimum absolute atomic E-state index is 0.0446. The van der Waals surface area contributed by atoms with Gasteiger partial charge in [-0.15, -0.1) is 0 Å². The monoisotopic (exact) mass is 374 g/mol.